The third-order valence-electron chi connectivity index (χ3n) is 2.98. The highest BCUT2D eigenvalue weighted by atomic mass is 19.1. The van der Waals surface area contributed by atoms with Crippen LogP contribution in [0.4, 0.5) is 10.1 Å². The van der Waals surface area contributed by atoms with Crippen LogP contribution in [0, 0.1) is 12.7 Å². The molecule has 1 N–H and O–H groups in total. The molecule has 17 heavy (non-hydrogen) atoms. The fraction of sp³-hybridized carbons (Fsp3) is 0.357. The minimum atomic E-state index is -0.238. The van der Waals surface area contributed by atoms with Crippen molar-refractivity contribution in [2.45, 2.75) is 27.2 Å². The topological polar surface area (TPSA) is 24.9 Å². The van der Waals surface area contributed by atoms with Crippen LogP contribution in [0.1, 0.15) is 25.1 Å². The highest BCUT2D eigenvalue weighted by molar-refractivity contribution is 5.93. The second-order valence-corrected chi connectivity index (χ2v) is 4.10. The van der Waals surface area contributed by atoms with Crippen molar-refractivity contribution in [2.24, 2.45) is 0 Å². The third kappa shape index (κ3) is 2.09. The smallest absolute Gasteiger partial charge is 0.125 e. The average Bonchev–Trinajstić information content (AvgIpc) is 2.32. The molecule has 2 nitrogen and oxygen atoms in total. The predicted octanol–water partition coefficient (Wildman–Crippen LogP) is 3.68. The van der Waals surface area contributed by atoms with E-state index in [4.69, 9.17) is 0 Å². The minimum absolute atomic E-state index is 0.238. The van der Waals surface area contributed by atoms with E-state index in [1.807, 2.05) is 0 Å². The number of fused-ring (bicyclic) bond motifs is 1. The summed E-state index contributed by atoms with van der Waals surface area (Å²) in [4.78, 5) is 4.52. The molecule has 2 aromatic rings. The first-order chi connectivity index (χ1) is 8.17. The van der Waals surface area contributed by atoms with Crippen molar-refractivity contribution in [3.05, 3.63) is 35.3 Å². The van der Waals surface area contributed by atoms with Gasteiger partial charge in [-0.2, -0.15) is 0 Å². The Morgan fingerprint density at radius 1 is 1.29 bits per heavy atom. The molecule has 2 rings (SSSR count). The molecule has 3 heteroatoms. The summed E-state index contributed by atoms with van der Waals surface area (Å²) < 4.78 is 13.2. The van der Waals surface area contributed by atoms with Gasteiger partial charge >= 0.3 is 0 Å². The number of hydrogen-bond donors (Lipinski definition) is 1. The summed E-state index contributed by atoms with van der Waals surface area (Å²) in [6.45, 7) is 7.03. The zero-order chi connectivity index (χ0) is 12.4. The number of nitrogens with zero attached hydrogens (tertiary/aromatic N) is 1. The van der Waals surface area contributed by atoms with Crippen molar-refractivity contribution in [1.29, 1.82) is 0 Å². The molecule has 0 radical (unpaired) electrons. The number of hydrogen-bond acceptors (Lipinski definition) is 2. The van der Waals surface area contributed by atoms with E-state index in [1.54, 1.807) is 6.07 Å². The lowest BCUT2D eigenvalue weighted by Crippen LogP contribution is -2.04. The van der Waals surface area contributed by atoms with Crippen LogP contribution in [-0.4, -0.2) is 11.5 Å². The summed E-state index contributed by atoms with van der Waals surface area (Å²) in [6.07, 6.45) is 0.858. The molecule has 0 aliphatic heterocycles. The molecule has 0 aliphatic carbocycles. The van der Waals surface area contributed by atoms with Crippen LogP contribution in [0.3, 0.4) is 0 Å². The Balaban J connectivity index is 2.76. The van der Waals surface area contributed by atoms with Gasteiger partial charge in [0.05, 0.1) is 5.52 Å². The van der Waals surface area contributed by atoms with Crippen molar-refractivity contribution in [3.63, 3.8) is 0 Å². The SMILES string of the molecule is CCNc1c(C)c(CC)nc2cc(F)ccc12. The largest absolute Gasteiger partial charge is 0.385 e. The van der Waals surface area contributed by atoms with Gasteiger partial charge in [0.15, 0.2) is 0 Å². The van der Waals surface area contributed by atoms with Crippen molar-refractivity contribution < 1.29 is 4.39 Å². The Kier molecular flexibility index (Phi) is 3.27. The summed E-state index contributed by atoms with van der Waals surface area (Å²) in [5.74, 6) is -0.238. The zero-order valence-corrected chi connectivity index (χ0v) is 10.5. The van der Waals surface area contributed by atoms with Crippen LogP contribution in [0.2, 0.25) is 0 Å². The molecular weight excluding hydrogens is 215 g/mol. The molecule has 0 unspecified atom stereocenters. The van der Waals surface area contributed by atoms with Gasteiger partial charge in [-0.1, -0.05) is 6.92 Å². The Morgan fingerprint density at radius 3 is 2.71 bits per heavy atom. The quantitative estimate of drug-likeness (QED) is 0.873. The fourth-order valence-corrected chi connectivity index (χ4v) is 2.13. The number of pyridine rings is 1. The van der Waals surface area contributed by atoms with Gasteiger partial charge in [0.25, 0.3) is 0 Å². The fourth-order valence-electron chi connectivity index (χ4n) is 2.13. The number of nitrogens with one attached hydrogen (secondary N) is 1. The molecule has 0 spiro atoms. The Morgan fingerprint density at radius 2 is 2.06 bits per heavy atom. The number of aromatic nitrogens is 1. The molecule has 1 heterocycles. The Labute approximate surface area is 101 Å². The van der Waals surface area contributed by atoms with E-state index >= 15 is 0 Å². The molecule has 90 valence electrons. The minimum Gasteiger partial charge on any atom is -0.385 e. The van der Waals surface area contributed by atoms with Crippen molar-refractivity contribution in [1.82, 2.24) is 4.98 Å². The second-order valence-electron chi connectivity index (χ2n) is 4.10. The van der Waals surface area contributed by atoms with E-state index in [1.165, 1.54) is 12.1 Å². The molecular formula is C14H17FN2. The van der Waals surface area contributed by atoms with Gasteiger partial charge < -0.3 is 5.32 Å². The number of rotatable bonds is 3. The van der Waals surface area contributed by atoms with Crippen LogP contribution in [-0.2, 0) is 6.42 Å². The Bertz CT molecular complexity index is 549. The lowest BCUT2D eigenvalue weighted by Gasteiger charge is -2.14. The molecule has 0 aliphatic rings. The normalized spacial score (nSPS) is 10.8. The lowest BCUT2D eigenvalue weighted by molar-refractivity contribution is 0.629. The van der Waals surface area contributed by atoms with Crippen LogP contribution >= 0.6 is 0 Å². The third-order valence-corrected chi connectivity index (χ3v) is 2.98. The van der Waals surface area contributed by atoms with Gasteiger partial charge in [0.2, 0.25) is 0 Å². The molecule has 0 amide bonds. The summed E-state index contributed by atoms with van der Waals surface area (Å²) in [5.41, 5.74) is 3.99. The first kappa shape index (κ1) is 11.8. The van der Waals surface area contributed by atoms with E-state index < -0.39 is 0 Å². The van der Waals surface area contributed by atoms with Crippen molar-refractivity contribution in [2.75, 3.05) is 11.9 Å². The summed E-state index contributed by atoms with van der Waals surface area (Å²) in [6, 6.07) is 4.77. The van der Waals surface area contributed by atoms with Crippen LogP contribution < -0.4 is 5.32 Å². The number of benzene rings is 1. The van der Waals surface area contributed by atoms with E-state index in [0.717, 1.165) is 40.8 Å². The average molecular weight is 232 g/mol. The first-order valence-corrected chi connectivity index (χ1v) is 6.00. The molecule has 1 aromatic carbocycles. The number of halogens is 1. The molecule has 0 saturated carbocycles. The molecule has 0 saturated heterocycles. The van der Waals surface area contributed by atoms with Crippen LogP contribution in [0.15, 0.2) is 18.2 Å². The molecule has 0 atom stereocenters. The zero-order valence-electron chi connectivity index (χ0n) is 10.5. The van der Waals surface area contributed by atoms with Crippen LogP contribution in [0.5, 0.6) is 0 Å². The van der Waals surface area contributed by atoms with E-state index in [0.29, 0.717) is 0 Å². The van der Waals surface area contributed by atoms with Gasteiger partial charge in [-0.25, -0.2) is 4.39 Å². The highest BCUT2D eigenvalue weighted by Crippen LogP contribution is 2.28. The molecule has 0 fully saturated rings. The first-order valence-electron chi connectivity index (χ1n) is 6.00. The second kappa shape index (κ2) is 4.70. The maximum Gasteiger partial charge on any atom is 0.125 e. The van der Waals surface area contributed by atoms with Gasteiger partial charge in [0, 0.05) is 29.4 Å². The van der Waals surface area contributed by atoms with E-state index in [9.17, 15) is 4.39 Å². The predicted molar refractivity (Wildman–Crippen MR) is 70.0 cm³/mol. The van der Waals surface area contributed by atoms with Gasteiger partial charge in [0.1, 0.15) is 5.82 Å². The van der Waals surface area contributed by atoms with E-state index in [2.05, 4.69) is 31.1 Å². The van der Waals surface area contributed by atoms with Crippen LogP contribution in [0.25, 0.3) is 10.9 Å². The number of aryl methyl sites for hydroxylation is 1. The number of anilines is 1. The highest BCUT2D eigenvalue weighted by Gasteiger charge is 2.10. The van der Waals surface area contributed by atoms with Gasteiger partial charge in [-0.15, -0.1) is 0 Å². The summed E-state index contributed by atoms with van der Waals surface area (Å²) in [5, 5.41) is 4.34. The standard InChI is InChI=1S/C14H17FN2/c1-4-12-9(3)14(16-5-2)11-7-6-10(15)8-13(11)17-12/h6-8H,4-5H2,1-3H3,(H,16,17). The lowest BCUT2D eigenvalue weighted by atomic mass is 10.1. The maximum absolute atomic E-state index is 13.2. The summed E-state index contributed by atoms with van der Waals surface area (Å²) >= 11 is 0. The monoisotopic (exact) mass is 232 g/mol. The van der Waals surface area contributed by atoms with Crippen molar-refractivity contribution >= 4 is 16.6 Å². The molecule has 0 bridgehead atoms. The summed E-state index contributed by atoms with van der Waals surface area (Å²) in [7, 11) is 0. The van der Waals surface area contributed by atoms with Gasteiger partial charge in [-0.3, -0.25) is 4.98 Å². The van der Waals surface area contributed by atoms with Crippen molar-refractivity contribution in [3.8, 4) is 0 Å². The maximum atomic E-state index is 13.2. The molecule has 1 aromatic heterocycles. The van der Waals surface area contributed by atoms with E-state index in [-0.39, 0.29) is 5.82 Å². The van der Waals surface area contributed by atoms with Gasteiger partial charge in [-0.05, 0) is 38.0 Å². The Hall–Kier alpha value is -1.64.